The van der Waals surface area contributed by atoms with Crippen LogP contribution >= 0.6 is 23.1 Å². The van der Waals surface area contributed by atoms with E-state index in [9.17, 15) is 9.59 Å². The van der Waals surface area contributed by atoms with E-state index in [1.165, 1.54) is 30.2 Å². The number of nitrogens with zero attached hydrogens (tertiary/aromatic N) is 1. The van der Waals surface area contributed by atoms with E-state index in [4.69, 9.17) is 4.74 Å². The predicted molar refractivity (Wildman–Crippen MR) is 79.2 cm³/mol. The minimum Gasteiger partial charge on any atom is -0.465 e. The molecule has 0 fully saturated rings. The van der Waals surface area contributed by atoms with Crippen LogP contribution in [0.15, 0.2) is 40.7 Å². The largest absolute Gasteiger partial charge is 0.465 e. The number of rotatable bonds is 5. The summed E-state index contributed by atoms with van der Waals surface area (Å²) in [5.41, 5.74) is 0.460. The van der Waals surface area contributed by atoms with Gasteiger partial charge in [-0.05, 0) is 12.1 Å². The molecule has 0 aliphatic heterocycles. The average molecular weight is 308 g/mol. The number of anilines is 1. The van der Waals surface area contributed by atoms with Gasteiger partial charge in [-0.3, -0.25) is 4.79 Å². The number of hydrogen-bond acceptors (Lipinski definition) is 6. The van der Waals surface area contributed by atoms with Crippen LogP contribution in [0.4, 0.5) is 5.13 Å². The molecule has 1 aromatic carbocycles. The molecule has 104 valence electrons. The number of carbonyl (C=O) groups is 2. The first-order chi connectivity index (χ1) is 9.70. The SMILES string of the molecule is COC(=O)c1ccccc1SCC(=O)Nc1nccs1. The first-order valence-electron chi connectivity index (χ1n) is 5.70. The van der Waals surface area contributed by atoms with Crippen LogP contribution in [0.1, 0.15) is 10.4 Å². The van der Waals surface area contributed by atoms with Crippen LogP contribution in [-0.4, -0.2) is 29.7 Å². The molecule has 7 heteroatoms. The van der Waals surface area contributed by atoms with Gasteiger partial charge in [-0.15, -0.1) is 23.1 Å². The summed E-state index contributed by atoms with van der Waals surface area (Å²) in [6, 6.07) is 7.03. The van der Waals surface area contributed by atoms with Gasteiger partial charge in [-0.25, -0.2) is 9.78 Å². The van der Waals surface area contributed by atoms with Crippen molar-refractivity contribution in [2.75, 3.05) is 18.2 Å². The Balaban J connectivity index is 1.97. The number of thioether (sulfide) groups is 1. The Labute approximate surface area is 124 Å². The fourth-order valence-corrected chi connectivity index (χ4v) is 2.84. The van der Waals surface area contributed by atoms with Gasteiger partial charge in [0.05, 0.1) is 18.4 Å². The molecule has 2 aromatic rings. The normalized spacial score (nSPS) is 10.1. The molecular formula is C13H12N2O3S2. The first-order valence-corrected chi connectivity index (χ1v) is 7.56. The number of hydrogen-bond donors (Lipinski definition) is 1. The summed E-state index contributed by atoms with van der Waals surface area (Å²) in [7, 11) is 1.33. The van der Waals surface area contributed by atoms with Crippen molar-refractivity contribution >= 4 is 40.1 Å². The van der Waals surface area contributed by atoms with Crippen molar-refractivity contribution in [2.24, 2.45) is 0 Å². The Morgan fingerprint density at radius 3 is 2.90 bits per heavy atom. The van der Waals surface area contributed by atoms with Crippen LogP contribution in [0.25, 0.3) is 0 Å². The lowest BCUT2D eigenvalue weighted by atomic mass is 10.2. The second-order valence-electron chi connectivity index (χ2n) is 3.66. The fourth-order valence-electron chi connectivity index (χ4n) is 1.45. The van der Waals surface area contributed by atoms with Gasteiger partial charge in [0.2, 0.25) is 5.91 Å². The average Bonchev–Trinajstić information content (AvgIpc) is 2.97. The van der Waals surface area contributed by atoms with Crippen molar-refractivity contribution in [3.63, 3.8) is 0 Å². The van der Waals surface area contributed by atoms with E-state index in [0.29, 0.717) is 15.6 Å². The van der Waals surface area contributed by atoms with E-state index in [2.05, 4.69) is 10.3 Å². The van der Waals surface area contributed by atoms with Crippen molar-refractivity contribution in [1.29, 1.82) is 0 Å². The molecule has 0 saturated carbocycles. The first kappa shape index (κ1) is 14.5. The molecule has 1 aromatic heterocycles. The van der Waals surface area contributed by atoms with Gasteiger partial charge in [0.25, 0.3) is 0 Å². The summed E-state index contributed by atoms with van der Waals surface area (Å²) in [4.78, 5) is 28.0. The zero-order valence-corrected chi connectivity index (χ0v) is 12.3. The Bertz CT molecular complexity index is 599. The fraction of sp³-hybridized carbons (Fsp3) is 0.154. The molecule has 0 unspecified atom stereocenters. The lowest BCUT2D eigenvalue weighted by Crippen LogP contribution is -2.14. The van der Waals surface area contributed by atoms with Crippen LogP contribution in [0, 0.1) is 0 Å². The highest BCUT2D eigenvalue weighted by atomic mass is 32.2. The van der Waals surface area contributed by atoms with E-state index in [1.807, 2.05) is 6.07 Å². The van der Waals surface area contributed by atoms with Crippen LogP contribution in [0.3, 0.4) is 0 Å². The molecule has 1 amide bonds. The minimum atomic E-state index is -0.409. The van der Waals surface area contributed by atoms with Crippen LogP contribution in [0.2, 0.25) is 0 Å². The summed E-state index contributed by atoms with van der Waals surface area (Å²) in [5.74, 6) is -0.369. The zero-order valence-electron chi connectivity index (χ0n) is 10.7. The molecule has 0 radical (unpaired) electrons. The molecule has 5 nitrogen and oxygen atoms in total. The van der Waals surface area contributed by atoms with Gasteiger partial charge in [-0.2, -0.15) is 0 Å². The maximum atomic E-state index is 11.8. The molecule has 0 aliphatic carbocycles. The minimum absolute atomic E-state index is 0.162. The van der Waals surface area contributed by atoms with Gasteiger partial charge in [0.15, 0.2) is 5.13 Å². The zero-order chi connectivity index (χ0) is 14.4. The molecule has 0 atom stereocenters. The number of aromatic nitrogens is 1. The monoisotopic (exact) mass is 308 g/mol. The summed E-state index contributed by atoms with van der Waals surface area (Å²) >= 11 is 2.64. The van der Waals surface area contributed by atoms with E-state index in [0.717, 1.165) is 0 Å². The highest BCUT2D eigenvalue weighted by molar-refractivity contribution is 8.00. The predicted octanol–water partition coefficient (Wildman–Crippen LogP) is 2.66. The van der Waals surface area contributed by atoms with Gasteiger partial charge >= 0.3 is 5.97 Å². The standard InChI is InChI=1S/C13H12N2O3S2/c1-18-12(17)9-4-2-3-5-10(9)20-8-11(16)15-13-14-6-7-19-13/h2-7H,8H2,1H3,(H,14,15,16). The molecule has 0 aliphatic rings. The molecule has 0 bridgehead atoms. The Morgan fingerprint density at radius 1 is 1.40 bits per heavy atom. The number of methoxy groups -OCH3 is 1. The number of amides is 1. The van der Waals surface area contributed by atoms with E-state index in [-0.39, 0.29) is 11.7 Å². The third kappa shape index (κ3) is 3.82. The van der Waals surface area contributed by atoms with Gasteiger partial charge in [0, 0.05) is 16.5 Å². The second kappa shape index (κ2) is 7.06. The summed E-state index contributed by atoms with van der Waals surface area (Å²) in [6.07, 6.45) is 1.62. The maximum absolute atomic E-state index is 11.8. The molecule has 1 heterocycles. The Hall–Kier alpha value is -1.86. The maximum Gasteiger partial charge on any atom is 0.338 e. The third-order valence-corrected chi connectivity index (χ3v) is 4.09. The third-order valence-electron chi connectivity index (χ3n) is 2.33. The highest BCUT2D eigenvalue weighted by Gasteiger charge is 2.13. The Morgan fingerprint density at radius 2 is 2.20 bits per heavy atom. The summed E-state index contributed by atoms with van der Waals surface area (Å²) in [6.45, 7) is 0. The topological polar surface area (TPSA) is 68.3 Å². The quantitative estimate of drug-likeness (QED) is 0.679. The second-order valence-corrected chi connectivity index (χ2v) is 5.57. The van der Waals surface area contributed by atoms with Gasteiger partial charge in [-0.1, -0.05) is 12.1 Å². The van der Waals surface area contributed by atoms with Crippen molar-refractivity contribution in [3.05, 3.63) is 41.4 Å². The summed E-state index contributed by atoms with van der Waals surface area (Å²) in [5, 5.41) is 5.04. The lowest BCUT2D eigenvalue weighted by molar-refractivity contribution is -0.113. The van der Waals surface area contributed by atoms with Crippen molar-refractivity contribution in [1.82, 2.24) is 4.98 Å². The van der Waals surface area contributed by atoms with Crippen LogP contribution < -0.4 is 5.32 Å². The van der Waals surface area contributed by atoms with E-state index >= 15 is 0 Å². The van der Waals surface area contributed by atoms with Crippen LogP contribution in [0.5, 0.6) is 0 Å². The van der Waals surface area contributed by atoms with Crippen molar-refractivity contribution in [3.8, 4) is 0 Å². The number of thiazole rings is 1. The molecule has 1 N–H and O–H groups in total. The Kier molecular flexibility index (Phi) is 5.14. The number of benzene rings is 1. The highest BCUT2D eigenvalue weighted by Crippen LogP contribution is 2.23. The number of esters is 1. The molecule has 20 heavy (non-hydrogen) atoms. The number of nitrogens with one attached hydrogen (secondary N) is 1. The van der Waals surface area contributed by atoms with E-state index in [1.54, 1.807) is 29.8 Å². The number of carbonyl (C=O) groups excluding carboxylic acids is 2. The summed E-state index contributed by atoms with van der Waals surface area (Å²) < 4.78 is 4.71. The van der Waals surface area contributed by atoms with Crippen molar-refractivity contribution in [2.45, 2.75) is 4.90 Å². The van der Waals surface area contributed by atoms with Crippen LogP contribution in [-0.2, 0) is 9.53 Å². The molecule has 0 spiro atoms. The van der Waals surface area contributed by atoms with Crippen molar-refractivity contribution < 1.29 is 14.3 Å². The van der Waals surface area contributed by atoms with E-state index < -0.39 is 5.97 Å². The lowest BCUT2D eigenvalue weighted by Gasteiger charge is -2.07. The smallest absolute Gasteiger partial charge is 0.338 e. The van der Waals surface area contributed by atoms with Gasteiger partial charge in [0.1, 0.15) is 0 Å². The number of ether oxygens (including phenoxy) is 1. The molecule has 2 rings (SSSR count). The molecule has 0 saturated heterocycles. The van der Waals surface area contributed by atoms with Gasteiger partial charge < -0.3 is 10.1 Å². The molecular weight excluding hydrogens is 296 g/mol.